The van der Waals surface area contributed by atoms with Gasteiger partial charge in [-0.25, -0.2) is 0 Å². The van der Waals surface area contributed by atoms with E-state index < -0.39 is 0 Å². The molecule has 2 unspecified atom stereocenters. The zero-order chi connectivity index (χ0) is 22.9. The molecule has 1 aromatic heterocycles. The van der Waals surface area contributed by atoms with Crippen LogP contribution in [-0.4, -0.2) is 60.6 Å². The van der Waals surface area contributed by atoms with Gasteiger partial charge in [-0.05, 0) is 44.7 Å². The van der Waals surface area contributed by atoms with Crippen LogP contribution in [0.4, 0.5) is 0 Å². The third kappa shape index (κ3) is 7.65. The fraction of sp³-hybridized carbons (Fsp3) is 0.760. The maximum absolute atomic E-state index is 11.9. The van der Waals surface area contributed by atoms with E-state index in [1.807, 2.05) is 6.92 Å². The summed E-state index contributed by atoms with van der Waals surface area (Å²) >= 11 is 1.55. The highest BCUT2D eigenvalue weighted by Crippen LogP contribution is 2.23. The Bertz CT molecular complexity index is 716. The van der Waals surface area contributed by atoms with Crippen molar-refractivity contribution in [2.45, 2.75) is 100 Å². The van der Waals surface area contributed by atoms with E-state index in [1.165, 1.54) is 51.4 Å². The molecule has 8 heteroatoms. The van der Waals surface area contributed by atoms with Gasteiger partial charge in [-0.1, -0.05) is 25.7 Å². The van der Waals surface area contributed by atoms with Crippen molar-refractivity contribution in [3.05, 3.63) is 23.5 Å². The Hall–Kier alpha value is -1.19. The third-order valence-electron chi connectivity index (χ3n) is 7.13. The molecule has 33 heavy (non-hydrogen) atoms. The molecule has 184 valence electrons. The summed E-state index contributed by atoms with van der Waals surface area (Å²) < 4.78 is 5.12. The molecule has 2 fully saturated rings. The van der Waals surface area contributed by atoms with E-state index in [-0.39, 0.29) is 5.97 Å². The van der Waals surface area contributed by atoms with Crippen LogP contribution in [0, 0.1) is 0 Å². The zero-order valence-electron chi connectivity index (χ0n) is 20.0. The van der Waals surface area contributed by atoms with Crippen molar-refractivity contribution in [3.8, 4) is 0 Å². The molecular weight excluding hydrogens is 434 g/mol. The number of fused-ring (bicyclic) bond motifs is 4. The fourth-order valence-electron chi connectivity index (χ4n) is 5.45. The summed E-state index contributed by atoms with van der Waals surface area (Å²) in [5.74, 6) is 0.171. The number of esters is 1. The van der Waals surface area contributed by atoms with E-state index in [0.717, 1.165) is 42.5 Å². The number of nitrogens with one attached hydrogen (secondary N) is 4. The van der Waals surface area contributed by atoms with Crippen molar-refractivity contribution >= 4 is 17.7 Å². The van der Waals surface area contributed by atoms with Gasteiger partial charge < -0.3 is 26.0 Å². The Balaban J connectivity index is 1.51. The monoisotopic (exact) mass is 475 g/mol. The molecule has 0 radical (unpaired) electrons. The second kappa shape index (κ2) is 13.0. The lowest BCUT2D eigenvalue weighted by molar-refractivity contribution is -0.139. The summed E-state index contributed by atoms with van der Waals surface area (Å²) in [5, 5.41) is 15.2. The number of carbonyl (C=O) groups excluding carboxylic acids is 1. The largest absolute Gasteiger partial charge is 0.465 e. The number of carbonyl (C=O) groups is 1. The predicted octanol–water partition coefficient (Wildman–Crippen LogP) is 2.73. The molecule has 0 saturated heterocycles. The predicted molar refractivity (Wildman–Crippen MR) is 133 cm³/mol. The molecule has 4 atom stereocenters. The molecule has 2 bridgehead atoms. The van der Waals surface area contributed by atoms with Crippen molar-refractivity contribution in [2.75, 3.05) is 25.4 Å². The van der Waals surface area contributed by atoms with Gasteiger partial charge in [0.05, 0.1) is 23.7 Å². The van der Waals surface area contributed by atoms with E-state index in [4.69, 9.17) is 9.72 Å². The summed E-state index contributed by atoms with van der Waals surface area (Å²) in [6.45, 7) is 5.83. The minimum absolute atomic E-state index is 0.163. The third-order valence-corrected chi connectivity index (χ3v) is 8.08. The highest BCUT2D eigenvalue weighted by atomic mass is 32.2. The van der Waals surface area contributed by atoms with Crippen LogP contribution in [0.3, 0.4) is 0 Å². The number of hydrogen-bond acceptors (Lipinski definition) is 8. The Labute approximate surface area is 203 Å². The topological polar surface area (TPSA) is 87.3 Å². The van der Waals surface area contributed by atoms with Crippen molar-refractivity contribution in [2.24, 2.45) is 0 Å². The maximum Gasteiger partial charge on any atom is 0.316 e. The molecule has 3 aliphatic rings. The Kier molecular flexibility index (Phi) is 9.85. The first-order valence-corrected chi connectivity index (χ1v) is 13.9. The van der Waals surface area contributed by atoms with E-state index in [1.54, 1.807) is 11.8 Å². The van der Waals surface area contributed by atoms with Crippen LogP contribution in [0.25, 0.3) is 0 Å². The quantitative estimate of drug-likeness (QED) is 0.391. The van der Waals surface area contributed by atoms with Gasteiger partial charge in [-0.3, -0.25) is 9.78 Å². The summed E-state index contributed by atoms with van der Waals surface area (Å²) in [5.41, 5.74) is 2.11. The molecule has 2 saturated carbocycles. The van der Waals surface area contributed by atoms with Crippen LogP contribution < -0.4 is 21.3 Å². The molecule has 0 spiro atoms. The van der Waals surface area contributed by atoms with Gasteiger partial charge in [0.2, 0.25) is 0 Å². The van der Waals surface area contributed by atoms with Gasteiger partial charge in [0.1, 0.15) is 0 Å². The van der Waals surface area contributed by atoms with Crippen molar-refractivity contribution in [1.29, 1.82) is 0 Å². The summed E-state index contributed by atoms with van der Waals surface area (Å²) in [6, 6.07) is 6.26. The molecular formula is C25H41N5O2S. The average molecular weight is 476 g/mol. The maximum atomic E-state index is 11.9. The van der Waals surface area contributed by atoms with Crippen LogP contribution >= 0.6 is 11.8 Å². The number of ether oxygens (including phenoxy) is 1. The number of thioether (sulfide) groups is 1. The van der Waals surface area contributed by atoms with Crippen molar-refractivity contribution in [1.82, 2.24) is 26.3 Å². The summed E-state index contributed by atoms with van der Waals surface area (Å²) in [6.07, 6.45) is 10.1. The Morgan fingerprint density at radius 3 is 1.85 bits per heavy atom. The molecule has 4 N–H and O–H groups in total. The van der Waals surface area contributed by atoms with Gasteiger partial charge in [-0.15, -0.1) is 11.8 Å². The smallest absolute Gasteiger partial charge is 0.316 e. The average Bonchev–Trinajstić information content (AvgIpc) is 2.84. The van der Waals surface area contributed by atoms with E-state index >= 15 is 0 Å². The van der Waals surface area contributed by atoms with Crippen LogP contribution in [0.2, 0.25) is 0 Å². The van der Waals surface area contributed by atoms with Gasteiger partial charge in [-0.2, -0.15) is 0 Å². The molecule has 2 heterocycles. The first-order chi connectivity index (χ1) is 16.2. The number of aromatic nitrogens is 1. The standard InChI is InChI=1S/C25H41N5O2S/c1-2-32-25(31)17-33-20-13-18-15-28-23-9-5-3-7-21(23)26-11-12-27-22-8-4-6-10-24(22)29-16-19(14-20)30-18/h13-14,21-24,26-29H,2-12,15-17H2,1H3/t21-,22?,23-,24?/m1/s1. The number of hydrogen-bond donors (Lipinski definition) is 4. The van der Waals surface area contributed by atoms with E-state index in [0.29, 0.717) is 36.5 Å². The normalized spacial score (nSPS) is 29.1. The minimum Gasteiger partial charge on any atom is -0.465 e. The summed E-state index contributed by atoms with van der Waals surface area (Å²) in [7, 11) is 0. The molecule has 0 aromatic carbocycles. The molecule has 1 aliphatic heterocycles. The number of pyridine rings is 1. The SMILES string of the molecule is CCOC(=O)CSc1cc2nc(c1)CN[C@@H]1CCCC[C@H]1NCCNC1CCCCC1NC2. The minimum atomic E-state index is -0.163. The first-order valence-electron chi connectivity index (χ1n) is 12.9. The van der Waals surface area contributed by atoms with E-state index in [2.05, 4.69) is 33.4 Å². The number of nitrogens with zero attached hydrogens (tertiary/aromatic N) is 1. The lowest BCUT2D eigenvalue weighted by Crippen LogP contribution is -2.53. The van der Waals surface area contributed by atoms with Gasteiger partial charge in [0.15, 0.2) is 0 Å². The van der Waals surface area contributed by atoms with Crippen LogP contribution in [-0.2, 0) is 22.6 Å². The second-order valence-electron chi connectivity index (χ2n) is 9.54. The van der Waals surface area contributed by atoms with Crippen LogP contribution in [0.1, 0.15) is 69.7 Å². The van der Waals surface area contributed by atoms with Gasteiger partial charge >= 0.3 is 5.97 Å². The fourth-order valence-corrected chi connectivity index (χ4v) is 6.26. The Morgan fingerprint density at radius 2 is 1.36 bits per heavy atom. The lowest BCUT2D eigenvalue weighted by Gasteiger charge is -2.34. The van der Waals surface area contributed by atoms with E-state index in [9.17, 15) is 4.79 Å². The molecule has 4 rings (SSSR count). The van der Waals surface area contributed by atoms with Crippen molar-refractivity contribution in [3.63, 3.8) is 0 Å². The second-order valence-corrected chi connectivity index (χ2v) is 10.6. The Morgan fingerprint density at radius 1 is 0.879 bits per heavy atom. The molecule has 1 aromatic rings. The zero-order valence-corrected chi connectivity index (χ0v) is 20.9. The van der Waals surface area contributed by atoms with Crippen LogP contribution in [0.5, 0.6) is 0 Å². The van der Waals surface area contributed by atoms with Crippen LogP contribution in [0.15, 0.2) is 17.0 Å². The van der Waals surface area contributed by atoms with Crippen molar-refractivity contribution < 1.29 is 9.53 Å². The van der Waals surface area contributed by atoms with Gasteiger partial charge in [0, 0.05) is 55.2 Å². The lowest BCUT2D eigenvalue weighted by atomic mass is 9.89. The first kappa shape index (κ1) is 24.9. The van der Waals surface area contributed by atoms with Gasteiger partial charge in [0.25, 0.3) is 0 Å². The molecule has 7 nitrogen and oxygen atoms in total. The highest BCUT2D eigenvalue weighted by Gasteiger charge is 2.27. The number of rotatable bonds is 4. The highest BCUT2D eigenvalue weighted by molar-refractivity contribution is 8.00. The molecule has 0 amide bonds. The summed E-state index contributed by atoms with van der Waals surface area (Å²) in [4.78, 5) is 18.0. The molecule has 2 aliphatic carbocycles.